The Morgan fingerprint density at radius 2 is 1.80 bits per heavy atom. The Labute approximate surface area is 176 Å². The summed E-state index contributed by atoms with van der Waals surface area (Å²) in [5, 5.41) is 8.72. The minimum Gasteiger partial charge on any atom is -0.355 e. The second kappa shape index (κ2) is 6.83. The summed E-state index contributed by atoms with van der Waals surface area (Å²) in [4.78, 5) is 12.6. The highest BCUT2D eigenvalue weighted by Crippen LogP contribution is 2.42. The lowest BCUT2D eigenvalue weighted by Gasteiger charge is -2.29. The van der Waals surface area contributed by atoms with E-state index in [4.69, 9.17) is 4.98 Å². The summed E-state index contributed by atoms with van der Waals surface area (Å²) in [5.41, 5.74) is 10.1. The molecule has 2 aromatic heterocycles. The van der Waals surface area contributed by atoms with Gasteiger partial charge in [0.15, 0.2) is 0 Å². The lowest BCUT2D eigenvalue weighted by molar-refractivity contribution is 0.676. The van der Waals surface area contributed by atoms with Crippen LogP contribution in [0.2, 0.25) is 0 Å². The average molecular weight is 398 g/mol. The van der Waals surface area contributed by atoms with Crippen LogP contribution in [0.15, 0.2) is 42.7 Å². The molecule has 30 heavy (non-hydrogen) atoms. The topological polar surface area (TPSA) is 62.6 Å². The van der Waals surface area contributed by atoms with Crippen LogP contribution in [-0.4, -0.2) is 31.5 Å². The van der Waals surface area contributed by atoms with Crippen LogP contribution in [0.4, 0.5) is 5.69 Å². The Morgan fingerprint density at radius 3 is 2.57 bits per heavy atom. The number of aryl methyl sites for hydroxylation is 3. The number of rotatable bonds is 3. The number of fused-ring (bicyclic) bond motifs is 1. The third-order valence-corrected chi connectivity index (χ3v) is 6.19. The monoisotopic (exact) mass is 397 g/mol. The van der Waals surface area contributed by atoms with Gasteiger partial charge in [0, 0.05) is 12.6 Å². The fourth-order valence-electron chi connectivity index (χ4n) is 4.28. The molecule has 0 unspecified atom stereocenters. The van der Waals surface area contributed by atoms with E-state index < -0.39 is 0 Å². The molecule has 0 saturated carbocycles. The second-order valence-corrected chi connectivity index (χ2v) is 8.29. The fraction of sp³-hybridized carbons (Fsp3) is 0.292. The van der Waals surface area contributed by atoms with E-state index in [1.54, 1.807) is 17.2 Å². The first-order chi connectivity index (χ1) is 14.4. The van der Waals surface area contributed by atoms with Gasteiger partial charge in [-0.2, -0.15) is 10.2 Å². The van der Waals surface area contributed by atoms with Crippen molar-refractivity contribution < 1.29 is 0 Å². The Morgan fingerprint density at radius 1 is 1.07 bits per heavy atom. The number of hydrogen-bond acceptors (Lipinski definition) is 4. The standard InChI is InChI=1S/C24H25N6/c1-14-10-22(24-27-19-11-16(3)17(4)12-20(19)28-24)29(13-14)23-18(5)15(2)6-7-21(23)30-25-8-9-26-30/h6,8-9,11-12,22H,1,10,13H2,2-5H3,(H,27,28)/t22-/m0/s1. The predicted octanol–water partition coefficient (Wildman–Crippen LogP) is 4.69. The Hall–Kier alpha value is -3.41. The van der Waals surface area contributed by atoms with Crippen molar-refractivity contribution in [2.75, 3.05) is 11.4 Å². The third kappa shape index (κ3) is 2.91. The molecule has 1 aliphatic rings. The molecule has 6 heteroatoms. The highest BCUT2D eigenvalue weighted by molar-refractivity contribution is 5.78. The van der Waals surface area contributed by atoms with E-state index in [-0.39, 0.29) is 6.04 Å². The molecular weight excluding hydrogens is 372 g/mol. The van der Waals surface area contributed by atoms with Crippen molar-refractivity contribution in [1.82, 2.24) is 25.0 Å². The van der Waals surface area contributed by atoms with Crippen molar-refractivity contribution in [2.24, 2.45) is 0 Å². The van der Waals surface area contributed by atoms with Gasteiger partial charge in [-0.1, -0.05) is 12.2 Å². The van der Waals surface area contributed by atoms with Crippen LogP contribution in [0.1, 0.15) is 40.5 Å². The minimum atomic E-state index is 0.0775. The lowest BCUT2D eigenvalue weighted by atomic mass is 10.0. The van der Waals surface area contributed by atoms with Gasteiger partial charge in [-0.3, -0.25) is 0 Å². The van der Waals surface area contributed by atoms with Gasteiger partial charge in [0.25, 0.3) is 0 Å². The third-order valence-electron chi connectivity index (χ3n) is 6.19. The first-order valence-corrected chi connectivity index (χ1v) is 10.2. The van der Waals surface area contributed by atoms with Crippen LogP contribution < -0.4 is 4.90 Å². The number of anilines is 1. The fourth-order valence-corrected chi connectivity index (χ4v) is 4.28. The summed E-state index contributed by atoms with van der Waals surface area (Å²) in [6.45, 7) is 13.6. The van der Waals surface area contributed by atoms with E-state index in [2.05, 4.69) is 72.6 Å². The SMILES string of the molecule is C=C1C[C@@H](c2nc3cc(C)c(C)cc3[nH]2)N(c2c(-n3nccn3)[c]cc(C)c2C)C1. The quantitative estimate of drug-likeness (QED) is 0.510. The summed E-state index contributed by atoms with van der Waals surface area (Å²) >= 11 is 0. The van der Waals surface area contributed by atoms with Gasteiger partial charge < -0.3 is 9.88 Å². The van der Waals surface area contributed by atoms with E-state index in [0.29, 0.717) is 0 Å². The number of hydrogen-bond donors (Lipinski definition) is 1. The lowest BCUT2D eigenvalue weighted by Crippen LogP contribution is -2.26. The zero-order valence-corrected chi connectivity index (χ0v) is 17.8. The number of nitrogens with zero attached hydrogens (tertiary/aromatic N) is 5. The van der Waals surface area contributed by atoms with Crippen molar-refractivity contribution >= 4 is 16.7 Å². The molecule has 0 spiro atoms. The largest absolute Gasteiger partial charge is 0.355 e. The maximum absolute atomic E-state index is 4.96. The Bertz CT molecular complexity index is 1230. The van der Waals surface area contributed by atoms with Gasteiger partial charge in [0.2, 0.25) is 0 Å². The maximum atomic E-state index is 4.96. The van der Waals surface area contributed by atoms with Gasteiger partial charge in [0.1, 0.15) is 11.5 Å². The molecule has 2 aromatic carbocycles. The second-order valence-electron chi connectivity index (χ2n) is 8.29. The van der Waals surface area contributed by atoms with Gasteiger partial charge in [0.05, 0.1) is 35.2 Å². The molecule has 1 N–H and O–H groups in total. The molecule has 5 rings (SSSR count). The summed E-state index contributed by atoms with van der Waals surface area (Å²) < 4.78 is 0. The summed E-state index contributed by atoms with van der Waals surface area (Å²) in [7, 11) is 0. The van der Waals surface area contributed by atoms with Crippen LogP contribution in [0.25, 0.3) is 16.7 Å². The van der Waals surface area contributed by atoms with Crippen LogP contribution in [0.5, 0.6) is 0 Å². The number of aromatic nitrogens is 5. The van der Waals surface area contributed by atoms with Crippen LogP contribution >= 0.6 is 0 Å². The molecular formula is C24H25N6. The van der Waals surface area contributed by atoms with Gasteiger partial charge in [-0.05, 0) is 74.6 Å². The number of H-pyrrole nitrogens is 1. The molecule has 4 aromatic rings. The van der Waals surface area contributed by atoms with Crippen LogP contribution in [0, 0.1) is 33.8 Å². The van der Waals surface area contributed by atoms with Gasteiger partial charge in [-0.15, -0.1) is 4.80 Å². The van der Waals surface area contributed by atoms with Crippen molar-refractivity contribution in [3.8, 4) is 5.69 Å². The van der Waals surface area contributed by atoms with Crippen molar-refractivity contribution in [1.29, 1.82) is 0 Å². The number of imidazole rings is 1. The first-order valence-electron chi connectivity index (χ1n) is 10.2. The number of benzene rings is 2. The molecule has 0 aliphatic carbocycles. The highest BCUT2D eigenvalue weighted by atomic mass is 15.5. The van der Waals surface area contributed by atoms with Crippen molar-refractivity contribution in [3.63, 3.8) is 0 Å². The molecule has 1 fully saturated rings. The minimum absolute atomic E-state index is 0.0775. The van der Waals surface area contributed by atoms with Crippen molar-refractivity contribution in [2.45, 2.75) is 40.2 Å². The highest BCUT2D eigenvalue weighted by Gasteiger charge is 2.34. The molecule has 0 amide bonds. The molecule has 3 heterocycles. The molecule has 0 bridgehead atoms. The van der Waals surface area contributed by atoms with Gasteiger partial charge in [-0.25, -0.2) is 4.98 Å². The molecule has 1 aliphatic heterocycles. The van der Waals surface area contributed by atoms with E-state index in [0.717, 1.165) is 41.2 Å². The molecule has 151 valence electrons. The predicted molar refractivity (Wildman–Crippen MR) is 119 cm³/mol. The number of nitrogens with one attached hydrogen (secondary N) is 1. The number of aromatic amines is 1. The van der Waals surface area contributed by atoms with E-state index >= 15 is 0 Å². The Balaban J connectivity index is 1.66. The molecule has 6 nitrogen and oxygen atoms in total. The van der Waals surface area contributed by atoms with E-state index in [1.807, 2.05) is 6.07 Å². The molecule has 1 atom stereocenters. The molecule has 1 radical (unpaired) electrons. The molecule has 1 saturated heterocycles. The summed E-state index contributed by atoms with van der Waals surface area (Å²) in [6.07, 6.45) is 4.24. The smallest absolute Gasteiger partial charge is 0.130 e. The summed E-state index contributed by atoms with van der Waals surface area (Å²) in [5.74, 6) is 0.967. The summed E-state index contributed by atoms with van der Waals surface area (Å²) in [6, 6.07) is 9.81. The first kappa shape index (κ1) is 18.6. The normalized spacial score (nSPS) is 16.7. The zero-order chi connectivity index (χ0) is 21.0. The van der Waals surface area contributed by atoms with E-state index in [9.17, 15) is 0 Å². The van der Waals surface area contributed by atoms with Crippen LogP contribution in [-0.2, 0) is 0 Å². The average Bonchev–Trinajstić information content (AvgIpc) is 3.44. The van der Waals surface area contributed by atoms with Crippen LogP contribution in [0.3, 0.4) is 0 Å². The zero-order valence-electron chi connectivity index (χ0n) is 17.8. The maximum Gasteiger partial charge on any atom is 0.130 e. The van der Waals surface area contributed by atoms with E-state index in [1.165, 1.54) is 27.8 Å². The van der Waals surface area contributed by atoms with Crippen molar-refractivity contribution in [3.05, 3.63) is 76.9 Å². The van der Waals surface area contributed by atoms with Gasteiger partial charge >= 0.3 is 0 Å². The Kier molecular flexibility index (Phi) is 4.24.